The van der Waals surface area contributed by atoms with Crippen molar-refractivity contribution in [3.8, 4) is 0 Å². The van der Waals surface area contributed by atoms with Crippen LogP contribution in [0.1, 0.15) is 36.9 Å². The molecule has 1 aromatic rings. The lowest BCUT2D eigenvalue weighted by Gasteiger charge is -2.11. The molecule has 2 heteroatoms. The second-order valence-electron chi connectivity index (χ2n) is 4.13. The highest BCUT2D eigenvalue weighted by Gasteiger charge is 2.24. The van der Waals surface area contributed by atoms with E-state index in [2.05, 4.69) is 11.1 Å². The van der Waals surface area contributed by atoms with Gasteiger partial charge in [0.25, 0.3) is 0 Å². The Morgan fingerprint density at radius 3 is 3.36 bits per heavy atom. The lowest BCUT2D eigenvalue weighted by Crippen LogP contribution is -2.04. The number of hydrogen-bond donors (Lipinski definition) is 0. The van der Waals surface area contributed by atoms with E-state index in [-0.39, 0.29) is 5.92 Å². The molecule has 0 amide bonds. The molecule has 14 heavy (non-hydrogen) atoms. The Morgan fingerprint density at radius 1 is 1.71 bits per heavy atom. The molecule has 0 spiro atoms. The van der Waals surface area contributed by atoms with Crippen molar-refractivity contribution in [1.29, 1.82) is 0 Å². The molecule has 0 saturated carbocycles. The summed E-state index contributed by atoms with van der Waals surface area (Å²) in [5.41, 5.74) is 2.59. The summed E-state index contributed by atoms with van der Waals surface area (Å²) >= 11 is 0. The molecule has 0 radical (unpaired) electrons. The van der Waals surface area contributed by atoms with E-state index in [0.29, 0.717) is 5.92 Å². The van der Waals surface area contributed by atoms with Crippen LogP contribution in [0.4, 0.5) is 0 Å². The summed E-state index contributed by atoms with van der Waals surface area (Å²) in [6.45, 7) is 1.98. The molecule has 0 saturated heterocycles. The molecule has 1 aliphatic carbocycles. The Kier molecular flexibility index (Phi) is 2.62. The summed E-state index contributed by atoms with van der Waals surface area (Å²) in [6.07, 6.45) is 6.13. The van der Waals surface area contributed by atoms with Crippen LogP contribution in [0, 0.1) is 5.92 Å². The van der Waals surface area contributed by atoms with E-state index >= 15 is 0 Å². The lowest BCUT2D eigenvalue weighted by molar-refractivity contribution is -0.110. The molecule has 1 aliphatic rings. The van der Waals surface area contributed by atoms with Crippen molar-refractivity contribution >= 4 is 6.29 Å². The first kappa shape index (κ1) is 9.38. The molecule has 0 bridgehead atoms. The molecule has 1 heterocycles. The van der Waals surface area contributed by atoms with E-state index in [1.165, 1.54) is 11.3 Å². The third-order valence-electron chi connectivity index (χ3n) is 2.96. The highest BCUT2D eigenvalue weighted by atomic mass is 16.1. The molecule has 2 unspecified atom stereocenters. The van der Waals surface area contributed by atoms with Crippen molar-refractivity contribution in [3.05, 3.63) is 29.6 Å². The fourth-order valence-electron chi connectivity index (χ4n) is 2.23. The minimum atomic E-state index is 0.160. The predicted octanol–water partition coefficient (Wildman–Crippen LogP) is 2.34. The number of aldehydes is 1. The SMILES string of the molecule is CC(C=O)CC1CCc2cccnc21. The molecule has 0 aromatic carbocycles. The summed E-state index contributed by atoms with van der Waals surface area (Å²) in [6, 6.07) is 4.14. The van der Waals surface area contributed by atoms with E-state index in [9.17, 15) is 4.79 Å². The van der Waals surface area contributed by atoms with Crippen LogP contribution in [0.5, 0.6) is 0 Å². The van der Waals surface area contributed by atoms with Crippen molar-refractivity contribution in [2.75, 3.05) is 0 Å². The van der Waals surface area contributed by atoms with Crippen LogP contribution >= 0.6 is 0 Å². The first-order valence-electron chi connectivity index (χ1n) is 5.20. The Morgan fingerprint density at radius 2 is 2.57 bits per heavy atom. The van der Waals surface area contributed by atoms with Crippen molar-refractivity contribution in [3.63, 3.8) is 0 Å². The number of fused-ring (bicyclic) bond motifs is 1. The number of aromatic nitrogens is 1. The highest BCUT2D eigenvalue weighted by Crippen LogP contribution is 2.35. The molecule has 2 atom stereocenters. The maximum Gasteiger partial charge on any atom is 0.122 e. The number of hydrogen-bond acceptors (Lipinski definition) is 2. The van der Waals surface area contributed by atoms with Crippen LogP contribution in [0.25, 0.3) is 0 Å². The number of rotatable bonds is 3. The van der Waals surface area contributed by atoms with Crippen LogP contribution in [-0.2, 0) is 11.2 Å². The number of carbonyl (C=O) groups is 1. The van der Waals surface area contributed by atoms with Crippen molar-refractivity contribution in [1.82, 2.24) is 4.98 Å². The highest BCUT2D eigenvalue weighted by molar-refractivity contribution is 5.53. The average Bonchev–Trinajstić information content (AvgIpc) is 2.62. The van der Waals surface area contributed by atoms with Gasteiger partial charge in [0.2, 0.25) is 0 Å². The van der Waals surface area contributed by atoms with Crippen LogP contribution in [0.3, 0.4) is 0 Å². The zero-order valence-electron chi connectivity index (χ0n) is 8.44. The fraction of sp³-hybridized carbons (Fsp3) is 0.500. The van der Waals surface area contributed by atoms with E-state index in [0.717, 1.165) is 25.5 Å². The van der Waals surface area contributed by atoms with Crippen LogP contribution in [-0.4, -0.2) is 11.3 Å². The van der Waals surface area contributed by atoms with E-state index in [1.807, 2.05) is 19.2 Å². The zero-order valence-corrected chi connectivity index (χ0v) is 8.44. The molecular weight excluding hydrogens is 174 g/mol. The van der Waals surface area contributed by atoms with Gasteiger partial charge in [0, 0.05) is 23.7 Å². The molecular formula is C12H15NO. The molecule has 1 aromatic heterocycles. The van der Waals surface area contributed by atoms with Gasteiger partial charge in [-0.15, -0.1) is 0 Å². The van der Waals surface area contributed by atoms with Gasteiger partial charge in [0.1, 0.15) is 6.29 Å². The molecule has 0 N–H and O–H groups in total. The van der Waals surface area contributed by atoms with Gasteiger partial charge in [-0.2, -0.15) is 0 Å². The molecule has 0 fully saturated rings. The Hall–Kier alpha value is -1.18. The van der Waals surface area contributed by atoms with Gasteiger partial charge in [-0.25, -0.2) is 0 Å². The third kappa shape index (κ3) is 1.69. The Balaban J connectivity index is 2.14. The van der Waals surface area contributed by atoms with Crippen LogP contribution in [0.15, 0.2) is 18.3 Å². The number of aryl methyl sites for hydroxylation is 1. The maximum atomic E-state index is 10.6. The number of carbonyl (C=O) groups excluding carboxylic acids is 1. The smallest absolute Gasteiger partial charge is 0.122 e. The lowest BCUT2D eigenvalue weighted by atomic mass is 9.95. The van der Waals surface area contributed by atoms with Gasteiger partial charge in [0.15, 0.2) is 0 Å². The first-order valence-corrected chi connectivity index (χ1v) is 5.20. The largest absolute Gasteiger partial charge is 0.303 e. The normalized spacial score (nSPS) is 21.6. The molecule has 74 valence electrons. The summed E-state index contributed by atoms with van der Waals surface area (Å²) in [5, 5.41) is 0. The van der Waals surface area contributed by atoms with Gasteiger partial charge in [-0.3, -0.25) is 4.98 Å². The molecule has 2 rings (SSSR count). The van der Waals surface area contributed by atoms with E-state index in [4.69, 9.17) is 0 Å². The minimum Gasteiger partial charge on any atom is -0.303 e. The Bertz CT molecular complexity index is 335. The minimum absolute atomic E-state index is 0.160. The summed E-state index contributed by atoms with van der Waals surface area (Å²) < 4.78 is 0. The molecule has 0 aliphatic heterocycles. The summed E-state index contributed by atoms with van der Waals surface area (Å²) in [4.78, 5) is 15.0. The molecule has 2 nitrogen and oxygen atoms in total. The fourth-order valence-corrected chi connectivity index (χ4v) is 2.23. The second-order valence-corrected chi connectivity index (χ2v) is 4.13. The average molecular weight is 189 g/mol. The maximum absolute atomic E-state index is 10.6. The first-order chi connectivity index (χ1) is 6.81. The van der Waals surface area contributed by atoms with E-state index in [1.54, 1.807) is 0 Å². The van der Waals surface area contributed by atoms with E-state index < -0.39 is 0 Å². The third-order valence-corrected chi connectivity index (χ3v) is 2.96. The van der Waals surface area contributed by atoms with Gasteiger partial charge < -0.3 is 4.79 Å². The summed E-state index contributed by atoms with van der Waals surface area (Å²) in [5.74, 6) is 0.666. The monoisotopic (exact) mass is 189 g/mol. The van der Waals surface area contributed by atoms with Gasteiger partial charge >= 0.3 is 0 Å². The number of nitrogens with zero attached hydrogens (tertiary/aromatic N) is 1. The standard InChI is InChI=1S/C12H15NO/c1-9(8-14)7-11-5-4-10-3-2-6-13-12(10)11/h2-3,6,8-9,11H,4-5,7H2,1H3. The van der Waals surface area contributed by atoms with Crippen LogP contribution < -0.4 is 0 Å². The number of pyridine rings is 1. The van der Waals surface area contributed by atoms with Crippen LogP contribution in [0.2, 0.25) is 0 Å². The predicted molar refractivity (Wildman–Crippen MR) is 55.1 cm³/mol. The zero-order chi connectivity index (χ0) is 9.97. The van der Waals surface area contributed by atoms with Gasteiger partial charge in [0.05, 0.1) is 0 Å². The topological polar surface area (TPSA) is 30.0 Å². The second kappa shape index (κ2) is 3.91. The Labute approximate surface area is 84.4 Å². The van der Waals surface area contributed by atoms with Crippen molar-refractivity contribution in [2.45, 2.75) is 32.1 Å². The summed E-state index contributed by atoms with van der Waals surface area (Å²) in [7, 11) is 0. The quantitative estimate of drug-likeness (QED) is 0.683. The van der Waals surface area contributed by atoms with Crippen molar-refractivity contribution in [2.24, 2.45) is 5.92 Å². The van der Waals surface area contributed by atoms with Gasteiger partial charge in [-0.1, -0.05) is 13.0 Å². The van der Waals surface area contributed by atoms with Crippen molar-refractivity contribution < 1.29 is 4.79 Å². The van der Waals surface area contributed by atoms with Gasteiger partial charge in [-0.05, 0) is 30.9 Å².